The first-order chi connectivity index (χ1) is 47.0. The highest BCUT2D eigenvalue weighted by Gasteiger charge is 2.66. The van der Waals surface area contributed by atoms with Crippen molar-refractivity contribution in [3.63, 3.8) is 0 Å². The zero-order chi connectivity index (χ0) is 76.5. The van der Waals surface area contributed by atoms with Gasteiger partial charge in [0.2, 0.25) is 6.10 Å². The van der Waals surface area contributed by atoms with Crippen LogP contribution in [0, 0.1) is 79.8 Å². The molecule has 19 nitrogen and oxygen atoms in total. The summed E-state index contributed by atoms with van der Waals surface area (Å²) in [6.45, 7) is 42.0. The Hall–Kier alpha value is -4.36. The molecule has 12 bridgehead atoms. The number of ether oxygens (including phenoxy) is 8. The SMILES string of the molecule is CCC(C)(C)C(=O)OC1(C(C)C)CC2CCC1C2.CCC(C)(C)C(=O)OC1(CC)CC2CCC1C2.CCC(C)(C)C(=O)OC12CC3CC(CC(O)(C3)C1)C2.CCC(C)(C)C(=O)OC12CC3CC(O)(CC(O)(C3)C1)C2.CCC(C)(C)C(=O)OC1CCOC1=O.CCC(C)(C)C(=O)OC1COC(=O)C1. The predicted molar refractivity (Wildman–Crippen MR) is 387 cm³/mol. The number of carbonyl (C=O) groups excluding carboxylic acids is 8. The Morgan fingerprint density at radius 2 is 0.843 bits per heavy atom. The van der Waals surface area contributed by atoms with Gasteiger partial charge in [0.1, 0.15) is 35.1 Å². The van der Waals surface area contributed by atoms with Crippen LogP contribution in [0.3, 0.4) is 0 Å². The van der Waals surface area contributed by atoms with Crippen LogP contribution < -0.4 is 0 Å². The summed E-state index contributed by atoms with van der Waals surface area (Å²) in [5, 5.41) is 32.0. The quantitative estimate of drug-likeness (QED) is 0.0755. The van der Waals surface area contributed by atoms with Gasteiger partial charge in [-0.25, -0.2) is 4.79 Å². The molecule has 102 heavy (non-hydrogen) atoms. The molecule has 14 fully saturated rings. The lowest BCUT2D eigenvalue weighted by Crippen LogP contribution is -2.67. The minimum Gasteiger partial charge on any atom is -0.463 e. The molecule has 2 aliphatic heterocycles. The second-order valence-electron chi connectivity index (χ2n) is 38.4. The smallest absolute Gasteiger partial charge is 0.347 e. The van der Waals surface area contributed by atoms with E-state index in [1.807, 2.05) is 96.9 Å². The van der Waals surface area contributed by atoms with E-state index in [9.17, 15) is 53.7 Å². The standard InChI is InChI=1S/C16H26O4.C16H26O3.C16H28O2.C15H26O2.2C10H16O4/c1-4-13(2,3)12(17)20-16-7-11-5-14(18,9-16)8-15(19,6-11)10-16;1-4-14(2,3)13(17)19-16-8-11-5-12(9-16)7-15(18,6-11)10-16;1-6-15(4,5)14(17)18-16(11(2)3)10-12-7-8-13(16)9-12;1-5-14(3,4)13(16)17-15(6-2)10-11-7-8-12(15)9-11;1-4-10(2,3)9(12)14-7-5-8(11)13-6-7;1-4-10(2,3)9(12)14-7-5-6-13-8(7)11/h11,18-19H,4-10H2,1-3H3;11-12,18H,4-10H2,1-3H3;11-13H,6-10H2,1-5H3;11-12H,5-10H2,1-4H3;2*7H,4-6H2,1-3H3. The highest BCUT2D eigenvalue weighted by Crippen LogP contribution is 2.63. The molecule has 0 aromatic heterocycles. The van der Waals surface area contributed by atoms with E-state index in [0.717, 1.165) is 102 Å². The average Bonchev–Trinajstić information content (AvgIpc) is 0.899. The van der Waals surface area contributed by atoms with Gasteiger partial charge in [0.25, 0.3) is 0 Å². The van der Waals surface area contributed by atoms with E-state index in [4.69, 9.17) is 37.9 Å². The van der Waals surface area contributed by atoms with Crippen molar-refractivity contribution in [3.8, 4) is 0 Å². The number of aliphatic hydroxyl groups is 3. The van der Waals surface area contributed by atoms with Crippen molar-refractivity contribution < 1.29 is 91.6 Å². The number of esters is 8. The summed E-state index contributed by atoms with van der Waals surface area (Å²) in [6, 6.07) is 0. The minimum absolute atomic E-state index is 0.00579. The lowest BCUT2D eigenvalue weighted by molar-refractivity contribution is -0.264. The maximum atomic E-state index is 12.4. The fourth-order valence-electron chi connectivity index (χ4n) is 18.8. The molecule has 14 aliphatic rings. The minimum atomic E-state index is -0.842. The van der Waals surface area contributed by atoms with Crippen molar-refractivity contribution in [2.24, 2.45) is 79.8 Å². The Labute approximate surface area is 612 Å². The monoisotopic (exact) mass is 1440 g/mol. The van der Waals surface area contributed by atoms with Crippen LogP contribution in [0.4, 0.5) is 0 Å². The molecule has 14 rings (SSSR count). The molecule has 0 spiro atoms. The summed E-state index contributed by atoms with van der Waals surface area (Å²) in [5.41, 5.74) is -6.12. The Balaban J connectivity index is 0.000000172. The molecule has 19 heteroatoms. The fourth-order valence-corrected chi connectivity index (χ4v) is 18.8. The third-order valence-corrected chi connectivity index (χ3v) is 27.3. The molecule has 584 valence electrons. The molecule has 2 heterocycles. The summed E-state index contributed by atoms with van der Waals surface area (Å²) < 4.78 is 43.6. The highest BCUT2D eigenvalue weighted by molar-refractivity contribution is 5.83. The van der Waals surface area contributed by atoms with Gasteiger partial charge in [-0.3, -0.25) is 33.6 Å². The van der Waals surface area contributed by atoms with Crippen molar-refractivity contribution in [1.29, 1.82) is 0 Å². The molecular weight excluding hydrogens is 1300 g/mol. The Kier molecular flexibility index (Phi) is 26.5. The van der Waals surface area contributed by atoms with Crippen LogP contribution in [-0.4, -0.2) is 128 Å². The molecule has 12 unspecified atom stereocenters. The molecule has 0 amide bonds. The maximum Gasteiger partial charge on any atom is 0.347 e. The van der Waals surface area contributed by atoms with Gasteiger partial charge < -0.3 is 53.2 Å². The molecule has 12 atom stereocenters. The van der Waals surface area contributed by atoms with Gasteiger partial charge in [-0.05, 0) is 278 Å². The molecule has 2 saturated heterocycles. The first-order valence-electron chi connectivity index (χ1n) is 39.9. The number of hydrogen-bond acceptors (Lipinski definition) is 19. The van der Waals surface area contributed by atoms with Gasteiger partial charge in [-0.15, -0.1) is 0 Å². The van der Waals surface area contributed by atoms with Crippen molar-refractivity contribution >= 4 is 47.8 Å². The topological polar surface area (TPSA) is 271 Å². The van der Waals surface area contributed by atoms with E-state index < -0.39 is 56.1 Å². The van der Waals surface area contributed by atoms with Crippen molar-refractivity contribution in [2.75, 3.05) is 13.2 Å². The second-order valence-corrected chi connectivity index (χ2v) is 38.4. The lowest BCUT2D eigenvalue weighted by Gasteiger charge is -2.62. The molecule has 0 radical (unpaired) electrons. The summed E-state index contributed by atoms with van der Waals surface area (Å²) in [4.78, 5) is 94.4. The number of hydrogen-bond donors (Lipinski definition) is 3. The number of carbonyl (C=O) groups is 8. The van der Waals surface area contributed by atoms with Crippen LogP contribution in [-0.2, 0) is 76.3 Å². The van der Waals surface area contributed by atoms with Gasteiger partial charge in [-0.1, -0.05) is 62.3 Å². The summed E-state index contributed by atoms with van der Waals surface area (Å²) in [7, 11) is 0. The van der Waals surface area contributed by atoms with E-state index in [1.54, 1.807) is 13.8 Å². The van der Waals surface area contributed by atoms with Gasteiger partial charge >= 0.3 is 47.8 Å². The summed E-state index contributed by atoms with van der Waals surface area (Å²) in [5.74, 6) is 3.11. The van der Waals surface area contributed by atoms with E-state index >= 15 is 0 Å². The third kappa shape index (κ3) is 19.7. The van der Waals surface area contributed by atoms with Crippen LogP contribution >= 0.6 is 0 Å². The van der Waals surface area contributed by atoms with Crippen LogP contribution in [0.1, 0.15) is 332 Å². The average molecular weight is 1440 g/mol. The van der Waals surface area contributed by atoms with E-state index in [2.05, 4.69) is 34.6 Å². The summed E-state index contributed by atoms with van der Waals surface area (Å²) in [6.07, 6.45) is 24.5. The van der Waals surface area contributed by atoms with Crippen LogP contribution in [0.5, 0.6) is 0 Å². The fraction of sp³-hybridized carbons (Fsp3) is 0.904. The second kappa shape index (κ2) is 31.8. The van der Waals surface area contributed by atoms with E-state index in [-0.39, 0.29) is 94.5 Å². The molecular formula is C83H138O19. The maximum absolute atomic E-state index is 12.4. The third-order valence-electron chi connectivity index (χ3n) is 27.3. The van der Waals surface area contributed by atoms with Crippen LogP contribution in [0.15, 0.2) is 0 Å². The normalized spacial score (nSPS) is 35.7. The lowest BCUT2D eigenvalue weighted by atomic mass is 9.50. The first-order valence-corrected chi connectivity index (χ1v) is 39.9. The zero-order valence-corrected chi connectivity index (χ0v) is 67.1. The van der Waals surface area contributed by atoms with Gasteiger partial charge in [0.15, 0.2) is 0 Å². The van der Waals surface area contributed by atoms with Gasteiger partial charge in [0, 0.05) is 32.1 Å². The summed E-state index contributed by atoms with van der Waals surface area (Å²) >= 11 is 0. The number of cyclic esters (lactones) is 2. The molecule has 12 aliphatic carbocycles. The predicted octanol–water partition coefficient (Wildman–Crippen LogP) is 15.9. The number of fused-ring (bicyclic) bond motifs is 4. The van der Waals surface area contributed by atoms with Crippen molar-refractivity contribution in [3.05, 3.63) is 0 Å². The van der Waals surface area contributed by atoms with E-state index in [0.29, 0.717) is 81.1 Å². The Morgan fingerprint density at radius 1 is 0.431 bits per heavy atom. The molecule has 0 aromatic rings. The first kappa shape index (κ1) is 84.9. The Bertz CT molecular complexity index is 2940. The largest absolute Gasteiger partial charge is 0.463 e. The molecule has 12 saturated carbocycles. The number of rotatable bonds is 20. The molecule has 3 N–H and O–H groups in total. The molecule has 0 aromatic carbocycles. The van der Waals surface area contributed by atoms with Gasteiger partial charge in [-0.2, -0.15) is 0 Å². The van der Waals surface area contributed by atoms with Crippen LogP contribution in [0.2, 0.25) is 0 Å². The van der Waals surface area contributed by atoms with Crippen molar-refractivity contribution in [1.82, 2.24) is 0 Å². The van der Waals surface area contributed by atoms with E-state index in [1.165, 1.54) is 44.9 Å². The highest BCUT2D eigenvalue weighted by atomic mass is 16.6. The van der Waals surface area contributed by atoms with Crippen LogP contribution in [0.25, 0.3) is 0 Å². The Morgan fingerprint density at radius 3 is 1.22 bits per heavy atom. The van der Waals surface area contributed by atoms with Crippen molar-refractivity contribution in [2.45, 2.75) is 383 Å². The zero-order valence-electron chi connectivity index (χ0n) is 67.1. The van der Waals surface area contributed by atoms with Gasteiger partial charge in [0.05, 0.1) is 62.3 Å².